The van der Waals surface area contributed by atoms with Gasteiger partial charge in [-0.15, -0.1) is 0 Å². The standard InChI is InChI=1S/C16H17N3O/c1-19-15-5-3-2-4-13(15)14(18-19)10-16(20)11-6-8-12(17)9-7-11/h2-9,16,20H,10,17H2,1H3. The first-order valence-corrected chi connectivity index (χ1v) is 6.59. The van der Waals surface area contributed by atoms with Crippen LogP contribution >= 0.6 is 0 Å². The number of aliphatic hydroxyl groups is 1. The van der Waals surface area contributed by atoms with Crippen molar-refractivity contribution in [3.8, 4) is 0 Å². The number of para-hydroxylation sites is 1. The fourth-order valence-electron chi connectivity index (χ4n) is 2.46. The van der Waals surface area contributed by atoms with E-state index in [1.54, 1.807) is 12.1 Å². The molecule has 0 aliphatic carbocycles. The van der Waals surface area contributed by atoms with Crippen molar-refractivity contribution in [3.63, 3.8) is 0 Å². The van der Waals surface area contributed by atoms with E-state index < -0.39 is 6.10 Å². The predicted molar refractivity (Wildman–Crippen MR) is 80.2 cm³/mol. The van der Waals surface area contributed by atoms with E-state index in [4.69, 9.17) is 5.73 Å². The van der Waals surface area contributed by atoms with Gasteiger partial charge in [0.1, 0.15) is 0 Å². The Balaban J connectivity index is 1.91. The van der Waals surface area contributed by atoms with E-state index in [1.165, 1.54) is 0 Å². The summed E-state index contributed by atoms with van der Waals surface area (Å²) in [5.41, 5.74) is 9.20. The number of hydrogen-bond acceptors (Lipinski definition) is 3. The van der Waals surface area contributed by atoms with E-state index in [2.05, 4.69) is 5.10 Å². The Hall–Kier alpha value is -2.33. The molecule has 3 aromatic rings. The van der Waals surface area contributed by atoms with Gasteiger partial charge in [0.25, 0.3) is 0 Å². The molecule has 0 amide bonds. The van der Waals surface area contributed by atoms with Crippen LogP contribution in [0.3, 0.4) is 0 Å². The number of nitrogen functional groups attached to an aromatic ring is 1. The molecule has 4 heteroatoms. The summed E-state index contributed by atoms with van der Waals surface area (Å²) in [7, 11) is 1.92. The molecule has 4 nitrogen and oxygen atoms in total. The van der Waals surface area contributed by atoms with Crippen LogP contribution in [-0.4, -0.2) is 14.9 Å². The van der Waals surface area contributed by atoms with Crippen LogP contribution in [-0.2, 0) is 13.5 Å². The molecule has 2 aromatic carbocycles. The summed E-state index contributed by atoms with van der Waals surface area (Å²) < 4.78 is 1.85. The van der Waals surface area contributed by atoms with Crippen molar-refractivity contribution in [1.82, 2.24) is 9.78 Å². The van der Waals surface area contributed by atoms with Crippen molar-refractivity contribution in [2.45, 2.75) is 12.5 Å². The molecule has 1 heterocycles. The molecule has 3 rings (SSSR count). The third-order valence-electron chi connectivity index (χ3n) is 3.54. The zero-order chi connectivity index (χ0) is 14.1. The summed E-state index contributed by atoms with van der Waals surface area (Å²) in [6.07, 6.45) is -0.0837. The van der Waals surface area contributed by atoms with Crippen LogP contribution in [0.2, 0.25) is 0 Å². The van der Waals surface area contributed by atoms with Crippen LogP contribution in [0, 0.1) is 0 Å². The third kappa shape index (κ3) is 2.26. The van der Waals surface area contributed by atoms with E-state index in [0.29, 0.717) is 12.1 Å². The molecule has 1 unspecified atom stereocenters. The largest absolute Gasteiger partial charge is 0.399 e. The zero-order valence-corrected chi connectivity index (χ0v) is 11.3. The second-order valence-electron chi connectivity index (χ2n) is 4.97. The average Bonchev–Trinajstić information content (AvgIpc) is 2.77. The molecule has 0 bridgehead atoms. The van der Waals surface area contributed by atoms with E-state index in [-0.39, 0.29) is 0 Å². The highest BCUT2D eigenvalue weighted by Crippen LogP contribution is 2.24. The summed E-state index contributed by atoms with van der Waals surface area (Å²) >= 11 is 0. The molecule has 1 atom stereocenters. The Labute approximate surface area is 117 Å². The summed E-state index contributed by atoms with van der Waals surface area (Å²) in [4.78, 5) is 0. The van der Waals surface area contributed by atoms with Gasteiger partial charge in [-0.05, 0) is 23.8 Å². The Kier molecular flexibility index (Phi) is 3.16. The average molecular weight is 267 g/mol. The molecule has 0 aliphatic rings. The van der Waals surface area contributed by atoms with Gasteiger partial charge in [0.05, 0.1) is 17.3 Å². The maximum Gasteiger partial charge on any atom is 0.0846 e. The van der Waals surface area contributed by atoms with Gasteiger partial charge in [0, 0.05) is 24.5 Å². The number of aryl methyl sites for hydroxylation is 1. The molecule has 20 heavy (non-hydrogen) atoms. The minimum Gasteiger partial charge on any atom is -0.399 e. The van der Waals surface area contributed by atoms with Gasteiger partial charge in [-0.1, -0.05) is 30.3 Å². The quantitative estimate of drug-likeness (QED) is 0.716. The summed E-state index contributed by atoms with van der Waals surface area (Å²) in [6.45, 7) is 0. The lowest BCUT2D eigenvalue weighted by molar-refractivity contribution is 0.177. The minimum absolute atomic E-state index is 0.491. The number of rotatable bonds is 3. The van der Waals surface area contributed by atoms with Gasteiger partial charge in [-0.25, -0.2) is 0 Å². The van der Waals surface area contributed by atoms with Crippen molar-refractivity contribution >= 4 is 16.6 Å². The lowest BCUT2D eigenvalue weighted by Gasteiger charge is -2.09. The van der Waals surface area contributed by atoms with Gasteiger partial charge in [-0.2, -0.15) is 5.10 Å². The Morgan fingerprint density at radius 1 is 1.15 bits per heavy atom. The second-order valence-corrected chi connectivity index (χ2v) is 4.97. The molecule has 0 aliphatic heterocycles. The monoisotopic (exact) mass is 267 g/mol. The molecular formula is C16H17N3O. The van der Waals surface area contributed by atoms with Gasteiger partial charge < -0.3 is 10.8 Å². The van der Waals surface area contributed by atoms with E-state index in [1.807, 2.05) is 48.1 Å². The molecule has 3 N–H and O–H groups in total. The zero-order valence-electron chi connectivity index (χ0n) is 11.3. The third-order valence-corrected chi connectivity index (χ3v) is 3.54. The first-order valence-electron chi connectivity index (χ1n) is 6.59. The number of anilines is 1. The number of aliphatic hydroxyl groups excluding tert-OH is 1. The highest BCUT2D eigenvalue weighted by molar-refractivity contribution is 5.81. The van der Waals surface area contributed by atoms with E-state index >= 15 is 0 Å². The molecule has 1 aromatic heterocycles. The minimum atomic E-state index is -0.575. The first kappa shape index (κ1) is 12.7. The molecule has 0 spiro atoms. The molecule has 0 saturated carbocycles. The number of hydrogen-bond donors (Lipinski definition) is 2. The number of aromatic nitrogens is 2. The lowest BCUT2D eigenvalue weighted by Crippen LogP contribution is -2.03. The summed E-state index contributed by atoms with van der Waals surface area (Å²) in [5.74, 6) is 0. The van der Waals surface area contributed by atoms with Crippen LogP contribution in [0.25, 0.3) is 10.9 Å². The molecule has 0 radical (unpaired) electrons. The summed E-state index contributed by atoms with van der Waals surface area (Å²) in [5, 5.41) is 15.9. The molecular weight excluding hydrogens is 250 g/mol. The highest BCUT2D eigenvalue weighted by atomic mass is 16.3. The Bertz CT molecular complexity index is 731. The summed E-state index contributed by atoms with van der Waals surface area (Å²) in [6, 6.07) is 15.3. The maximum absolute atomic E-state index is 10.3. The van der Waals surface area contributed by atoms with Crippen molar-refractivity contribution in [1.29, 1.82) is 0 Å². The van der Waals surface area contributed by atoms with Crippen molar-refractivity contribution in [3.05, 3.63) is 59.8 Å². The fraction of sp³-hybridized carbons (Fsp3) is 0.188. The highest BCUT2D eigenvalue weighted by Gasteiger charge is 2.14. The first-order chi connectivity index (χ1) is 9.65. The van der Waals surface area contributed by atoms with Crippen molar-refractivity contribution in [2.24, 2.45) is 7.05 Å². The van der Waals surface area contributed by atoms with Gasteiger partial charge >= 0.3 is 0 Å². The molecule has 0 fully saturated rings. The fourth-order valence-corrected chi connectivity index (χ4v) is 2.46. The topological polar surface area (TPSA) is 64.1 Å². The van der Waals surface area contributed by atoms with Crippen molar-refractivity contribution in [2.75, 3.05) is 5.73 Å². The van der Waals surface area contributed by atoms with Crippen LogP contribution < -0.4 is 5.73 Å². The van der Waals surface area contributed by atoms with Gasteiger partial charge in [0.15, 0.2) is 0 Å². The normalized spacial score (nSPS) is 12.7. The van der Waals surface area contributed by atoms with Crippen LogP contribution in [0.5, 0.6) is 0 Å². The SMILES string of the molecule is Cn1nc(CC(O)c2ccc(N)cc2)c2ccccc21. The maximum atomic E-state index is 10.3. The second kappa shape index (κ2) is 4.98. The number of nitrogens with two attached hydrogens (primary N) is 1. The van der Waals surface area contributed by atoms with Gasteiger partial charge in [0.2, 0.25) is 0 Å². The number of fused-ring (bicyclic) bond motifs is 1. The van der Waals surface area contributed by atoms with Crippen LogP contribution in [0.15, 0.2) is 48.5 Å². The van der Waals surface area contributed by atoms with E-state index in [0.717, 1.165) is 22.2 Å². The number of benzene rings is 2. The molecule has 0 saturated heterocycles. The lowest BCUT2D eigenvalue weighted by atomic mass is 10.0. The van der Waals surface area contributed by atoms with Crippen LogP contribution in [0.1, 0.15) is 17.4 Å². The molecule has 102 valence electrons. The van der Waals surface area contributed by atoms with Gasteiger partial charge in [-0.3, -0.25) is 4.68 Å². The Morgan fingerprint density at radius 2 is 1.85 bits per heavy atom. The van der Waals surface area contributed by atoms with E-state index in [9.17, 15) is 5.11 Å². The Morgan fingerprint density at radius 3 is 2.60 bits per heavy atom. The number of nitrogens with zero attached hydrogens (tertiary/aromatic N) is 2. The smallest absolute Gasteiger partial charge is 0.0846 e. The predicted octanol–water partition coefficient (Wildman–Crippen LogP) is 2.43. The van der Waals surface area contributed by atoms with Crippen molar-refractivity contribution < 1.29 is 5.11 Å². The van der Waals surface area contributed by atoms with Crippen LogP contribution in [0.4, 0.5) is 5.69 Å².